The van der Waals surface area contributed by atoms with Crippen molar-refractivity contribution in [2.24, 2.45) is 5.73 Å². The van der Waals surface area contributed by atoms with Crippen LogP contribution in [0.2, 0.25) is 0 Å². The van der Waals surface area contributed by atoms with Crippen molar-refractivity contribution in [3.63, 3.8) is 0 Å². The lowest BCUT2D eigenvalue weighted by Gasteiger charge is -2.08. The van der Waals surface area contributed by atoms with Gasteiger partial charge in [0.1, 0.15) is 17.7 Å². The Morgan fingerprint density at radius 1 is 1.42 bits per heavy atom. The molecule has 0 bridgehead atoms. The van der Waals surface area contributed by atoms with Crippen molar-refractivity contribution in [1.82, 2.24) is 10.1 Å². The highest BCUT2D eigenvalue weighted by atomic mass is 19.1. The Morgan fingerprint density at radius 3 is 2.79 bits per heavy atom. The van der Waals surface area contributed by atoms with Crippen LogP contribution >= 0.6 is 0 Å². The second kappa shape index (κ2) is 5.41. The Bertz CT molecular complexity index is 572. The third-order valence-electron chi connectivity index (χ3n) is 2.65. The van der Waals surface area contributed by atoms with Crippen LogP contribution in [0.5, 0.6) is 0 Å². The van der Waals surface area contributed by atoms with Gasteiger partial charge in [-0.1, -0.05) is 11.2 Å². The normalized spacial score (nSPS) is 14.4. The summed E-state index contributed by atoms with van der Waals surface area (Å²) in [6.07, 6.45) is -0.779. The molecule has 0 aliphatic carbocycles. The SMILES string of the molecule is C[C@@H](O)[C@H](N)c1nc(Cc2ccc(F)cc2F)no1. The molecule has 5 nitrogen and oxygen atoms in total. The smallest absolute Gasteiger partial charge is 0.246 e. The van der Waals surface area contributed by atoms with Gasteiger partial charge in [0.25, 0.3) is 0 Å². The summed E-state index contributed by atoms with van der Waals surface area (Å²) in [6.45, 7) is 1.49. The first-order chi connectivity index (χ1) is 8.97. The second-order valence-electron chi connectivity index (χ2n) is 4.23. The van der Waals surface area contributed by atoms with E-state index in [0.29, 0.717) is 0 Å². The van der Waals surface area contributed by atoms with Gasteiger partial charge in [-0.2, -0.15) is 4.98 Å². The molecule has 0 radical (unpaired) electrons. The highest BCUT2D eigenvalue weighted by molar-refractivity contribution is 5.21. The largest absolute Gasteiger partial charge is 0.391 e. The topological polar surface area (TPSA) is 85.2 Å². The monoisotopic (exact) mass is 269 g/mol. The maximum Gasteiger partial charge on any atom is 0.246 e. The number of aromatic nitrogens is 2. The predicted octanol–water partition coefficient (Wildman–Crippen LogP) is 1.32. The van der Waals surface area contributed by atoms with E-state index in [-0.39, 0.29) is 23.7 Å². The van der Waals surface area contributed by atoms with Crippen LogP contribution in [-0.4, -0.2) is 21.4 Å². The summed E-state index contributed by atoms with van der Waals surface area (Å²) in [6, 6.07) is 2.47. The minimum atomic E-state index is -0.837. The van der Waals surface area contributed by atoms with E-state index in [1.54, 1.807) is 0 Å². The Hall–Kier alpha value is -1.86. The molecule has 0 fully saturated rings. The molecule has 0 aliphatic heterocycles. The van der Waals surface area contributed by atoms with Crippen molar-refractivity contribution in [3.8, 4) is 0 Å². The fourth-order valence-corrected chi connectivity index (χ4v) is 1.52. The van der Waals surface area contributed by atoms with E-state index in [1.165, 1.54) is 13.0 Å². The van der Waals surface area contributed by atoms with E-state index in [4.69, 9.17) is 10.3 Å². The average molecular weight is 269 g/mol. The standard InChI is InChI=1S/C12H13F2N3O2/c1-6(18)11(15)12-16-10(17-19-12)4-7-2-3-8(13)5-9(7)14/h2-3,5-6,11,18H,4,15H2,1H3/t6-,11+/m1/s1. The number of nitrogens with zero attached hydrogens (tertiary/aromatic N) is 2. The zero-order chi connectivity index (χ0) is 14.0. The number of halogens is 2. The summed E-state index contributed by atoms with van der Waals surface area (Å²) in [5.41, 5.74) is 5.87. The maximum absolute atomic E-state index is 13.4. The van der Waals surface area contributed by atoms with Crippen LogP contribution in [-0.2, 0) is 6.42 Å². The number of hydrogen-bond acceptors (Lipinski definition) is 5. The molecule has 7 heteroatoms. The predicted molar refractivity (Wildman–Crippen MR) is 62.1 cm³/mol. The van der Waals surface area contributed by atoms with Crippen LogP contribution in [0.3, 0.4) is 0 Å². The molecule has 1 aromatic heterocycles. The van der Waals surface area contributed by atoms with Gasteiger partial charge in [-0.15, -0.1) is 0 Å². The van der Waals surface area contributed by atoms with Gasteiger partial charge in [-0.25, -0.2) is 8.78 Å². The molecule has 0 unspecified atom stereocenters. The Morgan fingerprint density at radius 2 is 2.16 bits per heavy atom. The van der Waals surface area contributed by atoms with Crippen LogP contribution in [0.15, 0.2) is 22.7 Å². The number of aliphatic hydroxyl groups is 1. The summed E-state index contributed by atoms with van der Waals surface area (Å²) >= 11 is 0. The molecule has 2 rings (SSSR count). The zero-order valence-corrected chi connectivity index (χ0v) is 10.2. The van der Waals surface area contributed by atoms with Crippen LogP contribution in [0.25, 0.3) is 0 Å². The average Bonchev–Trinajstić information content (AvgIpc) is 2.80. The molecule has 0 spiro atoms. The molecule has 102 valence electrons. The quantitative estimate of drug-likeness (QED) is 0.874. The summed E-state index contributed by atoms with van der Waals surface area (Å²) in [4.78, 5) is 3.97. The van der Waals surface area contributed by atoms with Crippen molar-refractivity contribution in [2.45, 2.75) is 25.5 Å². The number of hydrogen-bond donors (Lipinski definition) is 2. The van der Waals surface area contributed by atoms with E-state index in [9.17, 15) is 13.9 Å². The highest BCUT2D eigenvalue weighted by Gasteiger charge is 2.19. The molecule has 0 amide bonds. The zero-order valence-electron chi connectivity index (χ0n) is 10.2. The van der Waals surface area contributed by atoms with Crippen LogP contribution in [0.1, 0.15) is 30.2 Å². The highest BCUT2D eigenvalue weighted by Crippen LogP contribution is 2.16. The molecule has 0 aliphatic rings. The molecule has 0 saturated heterocycles. The van der Waals surface area contributed by atoms with Crippen molar-refractivity contribution in [3.05, 3.63) is 47.1 Å². The summed E-state index contributed by atoms with van der Waals surface area (Å²) in [7, 11) is 0. The van der Waals surface area contributed by atoms with Crippen molar-refractivity contribution in [2.75, 3.05) is 0 Å². The van der Waals surface area contributed by atoms with Gasteiger partial charge in [0.15, 0.2) is 5.82 Å². The minimum absolute atomic E-state index is 0.0577. The lowest BCUT2D eigenvalue weighted by Crippen LogP contribution is -2.23. The van der Waals surface area contributed by atoms with Gasteiger partial charge in [0.2, 0.25) is 5.89 Å². The van der Waals surface area contributed by atoms with Crippen molar-refractivity contribution >= 4 is 0 Å². The molecule has 1 aromatic carbocycles. The van der Waals surface area contributed by atoms with Gasteiger partial charge in [0, 0.05) is 12.5 Å². The first-order valence-corrected chi connectivity index (χ1v) is 5.67. The Kier molecular flexibility index (Phi) is 3.87. The maximum atomic E-state index is 13.4. The molecule has 0 saturated carbocycles. The van der Waals surface area contributed by atoms with Gasteiger partial charge in [-0.05, 0) is 18.6 Å². The molecule has 3 N–H and O–H groups in total. The van der Waals surface area contributed by atoms with E-state index in [0.717, 1.165) is 12.1 Å². The third-order valence-corrected chi connectivity index (χ3v) is 2.65. The first-order valence-electron chi connectivity index (χ1n) is 5.67. The second-order valence-corrected chi connectivity index (χ2v) is 4.23. The van der Waals surface area contributed by atoms with Crippen LogP contribution in [0.4, 0.5) is 8.78 Å². The van der Waals surface area contributed by atoms with Gasteiger partial charge in [-0.3, -0.25) is 0 Å². The van der Waals surface area contributed by atoms with Crippen LogP contribution < -0.4 is 5.73 Å². The first kappa shape index (κ1) is 13.6. The summed E-state index contributed by atoms with van der Waals surface area (Å²) in [5, 5.41) is 12.9. The molecular weight excluding hydrogens is 256 g/mol. The lowest BCUT2D eigenvalue weighted by atomic mass is 10.1. The van der Waals surface area contributed by atoms with E-state index < -0.39 is 23.8 Å². The molecular formula is C12H13F2N3O2. The van der Waals surface area contributed by atoms with Gasteiger partial charge < -0.3 is 15.4 Å². The van der Waals surface area contributed by atoms with Crippen molar-refractivity contribution < 1.29 is 18.4 Å². The Labute approximate surface area is 108 Å². The van der Waals surface area contributed by atoms with E-state index in [1.807, 2.05) is 0 Å². The van der Waals surface area contributed by atoms with E-state index in [2.05, 4.69) is 10.1 Å². The molecule has 19 heavy (non-hydrogen) atoms. The fourth-order valence-electron chi connectivity index (χ4n) is 1.52. The summed E-state index contributed by atoms with van der Waals surface area (Å²) < 4.78 is 31.1. The molecule has 1 heterocycles. The minimum Gasteiger partial charge on any atom is -0.391 e. The molecule has 2 atom stereocenters. The number of rotatable bonds is 4. The Balaban J connectivity index is 2.16. The van der Waals surface area contributed by atoms with Gasteiger partial charge >= 0.3 is 0 Å². The summed E-state index contributed by atoms with van der Waals surface area (Å²) in [5.74, 6) is -1.03. The van der Waals surface area contributed by atoms with Crippen molar-refractivity contribution in [1.29, 1.82) is 0 Å². The lowest BCUT2D eigenvalue weighted by molar-refractivity contribution is 0.146. The fraction of sp³-hybridized carbons (Fsp3) is 0.333. The molecule has 2 aromatic rings. The number of benzene rings is 1. The van der Waals surface area contributed by atoms with E-state index >= 15 is 0 Å². The van der Waals surface area contributed by atoms with Crippen LogP contribution in [0, 0.1) is 11.6 Å². The van der Waals surface area contributed by atoms with Gasteiger partial charge in [0.05, 0.1) is 6.10 Å². The number of nitrogens with two attached hydrogens (primary N) is 1. The number of aliphatic hydroxyl groups excluding tert-OH is 1. The third kappa shape index (κ3) is 3.12.